The van der Waals surface area contributed by atoms with Gasteiger partial charge in [0.2, 0.25) is 0 Å². The SMILES string of the molecule is CCC(=O)COCC(F)F. The topological polar surface area (TPSA) is 26.3 Å². The van der Waals surface area contributed by atoms with Crippen LogP contribution in [0.4, 0.5) is 8.78 Å². The molecule has 0 radical (unpaired) electrons. The Bertz CT molecular complexity index is 104. The molecular weight excluding hydrogens is 142 g/mol. The Hall–Kier alpha value is -0.510. The number of ether oxygens (including phenoxy) is 1. The van der Waals surface area contributed by atoms with E-state index in [0.29, 0.717) is 6.42 Å². The van der Waals surface area contributed by atoms with Crippen molar-refractivity contribution in [3.05, 3.63) is 0 Å². The summed E-state index contributed by atoms with van der Waals surface area (Å²) in [5.74, 6) is -0.152. The molecule has 0 saturated heterocycles. The lowest BCUT2D eigenvalue weighted by atomic mass is 10.3. The third kappa shape index (κ3) is 5.62. The molecule has 0 aromatic rings. The number of alkyl halides is 2. The summed E-state index contributed by atoms with van der Waals surface area (Å²) in [6, 6.07) is 0. The molecule has 0 atom stereocenters. The average Bonchev–Trinajstić information content (AvgIpc) is 1.87. The number of halogens is 2. The molecule has 0 aliphatic carbocycles. The Labute approximate surface area is 58.2 Å². The third-order valence-electron chi connectivity index (χ3n) is 0.901. The molecule has 0 aromatic heterocycles. The summed E-state index contributed by atoms with van der Waals surface area (Å²) in [5.41, 5.74) is 0. The minimum absolute atomic E-state index is 0.152. The molecule has 0 heterocycles. The van der Waals surface area contributed by atoms with Crippen molar-refractivity contribution in [1.29, 1.82) is 0 Å². The molecule has 60 valence electrons. The summed E-state index contributed by atoms with van der Waals surface area (Å²) >= 11 is 0. The van der Waals surface area contributed by atoms with Crippen LogP contribution in [0.5, 0.6) is 0 Å². The van der Waals surface area contributed by atoms with Gasteiger partial charge in [0, 0.05) is 6.42 Å². The second-order valence-corrected chi connectivity index (χ2v) is 1.80. The quantitative estimate of drug-likeness (QED) is 0.592. The van der Waals surface area contributed by atoms with E-state index in [2.05, 4.69) is 4.74 Å². The van der Waals surface area contributed by atoms with Crippen LogP contribution in [0.3, 0.4) is 0 Å². The second kappa shape index (κ2) is 5.29. The van der Waals surface area contributed by atoms with Gasteiger partial charge in [-0.05, 0) is 0 Å². The zero-order chi connectivity index (χ0) is 7.98. The Morgan fingerprint density at radius 1 is 1.60 bits per heavy atom. The highest BCUT2D eigenvalue weighted by Crippen LogP contribution is 1.92. The maximum absolute atomic E-state index is 11.4. The van der Waals surface area contributed by atoms with Crippen LogP contribution in [0.2, 0.25) is 0 Å². The van der Waals surface area contributed by atoms with E-state index < -0.39 is 13.0 Å². The molecule has 0 fully saturated rings. The van der Waals surface area contributed by atoms with Crippen LogP contribution in [0.25, 0.3) is 0 Å². The minimum atomic E-state index is -2.48. The molecule has 2 nitrogen and oxygen atoms in total. The van der Waals surface area contributed by atoms with E-state index >= 15 is 0 Å². The summed E-state index contributed by atoms with van der Waals surface area (Å²) in [6.45, 7) is 0.820. The molecule has 0 rings (SSSR count). The zero-order valence-electron chi connectivity index (χ0n) is 5.77. The van der Waals surface area contributed by atoms with Crippen LogP contribution in [-0.2, 0) is 9.53 Å². The van der Waals surface area contributed by atoms with Gasteiger partial charge in [-0.1, -0.05) is 6.92 Å². The van der Waals surface area contributed by atoms with Crippen molar-refractivity contribution in [1.82, 2.24) is 0 Å². The van der Waals surface area contributed by atoms with Gasteiger partial charge >= 0.3 is 0 Å². The molecule has 0 aliphatic rings. The second-order valence-electron chi connectivity index (χ2n) is 1.80. The number of carbonyl (C=O) groups excluding carboxylic acids is 1. The van der Waals surface area contributed by atoms with Crippen molar-refractivity contribution < 1.29 is 18.3 Å². The van der Waals surface area contributed by atoms with Gasteiger partial charge in [0.15, 0.2) is 5.78 Å². The van der Waals surface area contributed by atoms with Crippen molar-refractivity contribution in [2.75, 3.05) is 13.2 Å². The lowest BCUT2D eigenvalue weighted by molar-refractivity contribution is -0.124. The molecule has 0 N–H and O–H groups in total. The van der Waals surface area contributed by atoms with Crippen LogP contribution >= 0.6 is 0 Å². The van der Waals surface area contributed by atoms with Crippen LogP contribution in [0.1, 0.15) is 13.3 Å². The van der Waals surface area contributed by atoms with Gasteiger partial charge in [-0.15, -0.1) is 0 Å². The van der Waals surface area contributed by atoms with Gasteiger partial charge in [0.05, 0.1) is 0 Å². The number of Topliss-reactive ketones (excluding diaryl/α,β-unsaturated/α-hetero) is 1. The molecule has 0 bridgehead atoms. The molecule has 4 heteroatoms. The van der Waals surface area contributed by atoms with Gasteiger partial charge in [0.1, 0.15) is 13.2 Å². The number of rotatable bonds is 5. The number of carbonyl (C=O) groups is 1. The molecule has 0 amide bonds. The number of hydrogen-bond donors (Lipinski definition) is 0. The van der Waals surface area contributed by atoms with Crippen molar-refractivity contribution in [3.8, 4) is 0 Å². The highest BCUT2D eigenvalue weighted by atomic mass is 19.3. The summed E-state index contributed by atoms with van der Waals surface area (Å²) in [6.07, 6.45) is -2.15. The van der Waals surface area contributed by atoms with Gasteiger partial charge < -0.3 is 4.74 Å². The molecule has 0 saturated carbocycles. The predicted octanol–water partition coefficient (Wildman–Crippen LogP) is 1.25. The third-order valence-corrected chi connectivity index (χ3v) is 0.901. The van der Waals surface area contributed by atoms with Crippen LogP contribution in [0, 0.1) is 0 Å². The zero-order valence-corrected chi connectivity index (χ0v) is 5.77. The molecule has 0 aliphatic heterocycles. The van der Waals surface area contributed by atoms with Gasteiger partial charge in [-0.25, -0.2) is 8.78 Å². The van der Waals surface area contributed by atoms with E-state index in [1.54, 1.807) is 6.92 Å². The fourth-order valence-corrected chi connectivity index (χ4v) is 0.364. The lowest BCUT2D eigenvalue weighted by Gasteiger charge is -1.99. The first-order valence-electron chi connectivity index (χ1n) is 3.04. The van der Waals surface area contributed by atoms with Crippen LogP contribution in [-0.4, -0.2) is 25.4 Å². The van der Waals surface area contributed by atoms with Gasteiger partial charge in [0.25, 0.3) is 6.43 Å². The van der Waals surface area contributed by atoms with Crippen molar-refractivity contribution >= 4 is 5.78 Å². The smallest absolute Gasteiger partial charge is 0.261 e. The number of hydrogen-bond acceptors (Lipinski definition) is 2. The van der Waals surface area contributed by atoms with Gasteiger partial charge in [-0.3, -0.25) is 4.79 Å². The first kappa shape index (κ1) is 9.49. The van der Waals surface area contributed by atoms with Crippen LogP contribution in [0.15, 0.2) is 0 Å². The maximum Gasteiger partial charge on any atom is 0.261 e. The standard InChI is InChI=1S/C6H10F2O2/c1-2-5(9)3-10-4-6(7)8/h6H,2-4H2,1H3. The van der Waals surface area contributed by atoms with E-state index in [4.69, 9.17) is 0 Å². The predicted molar refractivity (Wildman–Crippen MR) is 32.1 cm³/mol. The molecular formula is C6H10F2O2. The van der Waals surface area contributed by atoms with Crippen molar-refractivity contribution in [2.45, 2.75) is 19.8 Å². The Morgan fingerprint density at radius 3 is 2.60 bits per heavy atom. The minimum Gasteiger partial charge on any atom is -0.368 e. The summed E-state index contributed by atoms with van der Waals surface area (Å²) in [5, 5.41) is 0. The first-order chi connectivity index (χ1) is 4.66. The Balaban J connectivity index is 3.12. The van der Waals surface area contributed by atoms with Gasteiger partial charge in [-0.2, -0.15) is 0 Å². The van der Waals surface area contributed by atoms with E-state index in [1.165, 1.54) is 0 Å². The van der Waals surface area contributed by atoms with E-state index in [1.807, 2.05) is 0 Å². The van der Waals surface area contributed by atoms with Crippen LogP contribution < -0.4 is 0 Å². The summed E-state index contributed by atoms with van der Waals surface area (Å²) < 4.78 is 27.1. The maximum atomic E-state index is 11.4. The fourth-order valence-electron chi connectivity index (χ4n) is 0.364. The monoisotopic (exact) mass is 152 g/mol. The van der Waals surface area contributed by atoms with E-state index in [0.717, 1.165) is 0 Å². The Kier molecular flexibility index (Phi) is 5.02. The molecule has 0 aromatic carbocycles. The average molecular weight is 152 g/mol. The summed E-state index contributed by atoms with van der Waals surface area (Å²) in [7, 11) is 0. The fraction of sp³-hybridized carbons (Fsp3) is 0.833. The van der Waals surface area contributed by atoms with Crippen molar-refractivity contribution in [2.24, 2.45) is 0 Å². The highest BCUT2D eigenvalue weighted by Gasteiger charge is 2.03. The lowest BCUT2D eigenvalue weighted by Crippen LogP contribution is -2.11. The molecule has 10 heavy (non-hydrogen) atoms. The van der Waals surface area contributed by atoms with E-state index in [9.17, 15) is 13.6 Å². The first-order valence-corrected chi connectivity index (χ1v) is 3.04. The normalized spacial score (nSPS) is 10.4. The van der Waals surface area contributed by atoms with Crippen molar-refractivity contribution in [3.63, 3.8) is 0 Å². The van der Waals surface area contributed by atoms with E-state index in [-0.39, 0.29) is 12.4 Å². The molecule has 0 unspecified atom stereocenters. The highest BCUT2D eigenvalue weighted by molar-refractivity contribution is 5.79. The number of ketones is 1. The largest absolute Gasteiger partial charge is 0.368 e. The Morgan fingerprint density at radius 2 is 2.20 bits per heavy atom. The summed E-state index contributed by atoms with van der Waals surface area (Å²) in [4.78, 5) is 10.4. The molecule has 0 spiro atoms.